The molecule has 3 unspecified atom stereocenters. The molecule has 2 aromatic rings. The maximum absolute atomic E-state index is 12.1. The second-order valence-corrected chi connectivity index (χ2v) is 5.41. The normalized spacial score (nSPS) is 26.6. The standard InChI is InChI=1S/C18H18O/c1-13-17(19)12-16(14-8-4-2-5-9-14)18(13)15-10-6-3-7-11-15/h2-11,13,16,18H,12H2,1H3. The zero-order chi connectivity index (χ0) is 13.2. The van der Waals surface area contributed by atoms with Crippen molar-refractivity contribution in [3.63, 3.8) is 0 Å². The Labute approximate surface area is 114 Å². The van der Waals surface area contributed by atoms with E-state index in [2.05, 4.69) is 55.5 Å². The van der Waals surface area contributed by atoms with E-state index >= 15 is 0 Å². The lowest BCUT2D eigenvalue weighted by Gasteiger charge is -2.22. The Bertz CT molecular complexity index is 559. The van der Waals surface area contributed by atoms with E-state index in [4.69, 9.17) is 0 Å². The largest absolute Gasteiger partial charge is 0.299 e. The molecule has 1 saturated carbocycles. The van der Waals surface area contributed by atoms with Crippen molar-refractivity contribution < 1.29 is 4.79 Å². The van der Waals surface area contributed by atoms with Gasteiger partial charge in [0.05, 0.1) is 0 Å². The smallest absolute Gasteiger partial charge is 0.136 e. The molecule has 96 valence electrons. The fourth-order valence-electron chi connectivity index (χ4n) is 3.30. The third-order valence-electron chi connectivity index (χ3n) is 4.31. The van der Waals surface area contributed by atoms with E-state index in [1.54, 1.807) is 0 Å². The van der Waals surface area contributed by atoms with Crippen LogP contribution in [0.25, 0.3) is 0 Å². The number of hydrogen-bond acceptors (Lipinski definition) is 1. The Kier molecular flexibility index (Phi) is 3.20. The molecule has 0 N–H and O–H groups in total. The summed E-state index contributed by atoms with van der Waals surface area (Å²) in [6.07, 6.45) is 0.671. The van der Waals surface area contributed by atoms with Gasteiger partial charge >= 0.3 is 0 Å². The number of rotatable bonds is 2. The molecule has 0 aliphatic heterocycles. The Hall–Kier alpha value is -1.89. The lowest BCUT2D eigenvalue weighted by atomic mass is 9.80. The van der Waals surface area contributed by atoms with Gasteiger partial charge in [0, 0.05) is 18.3 Å². The van der Waals surface area contributed by atoms with Gasteiger partial charge in [0.1, 0.15) is 5.78 Å². The van der Waals surface area contributed by atoms with E-state index < -0.39 is 0 Å². The maximum Gasteiger partial charge on any atom is 0.136 e. The van der Waals surface area contributed by atoms with Crippen LogP contribution in [0, 0.1) is 5.92 Å². The minimum Gasteiger partial charge on any atom is -0.299 e. The summed E-state index contributed by atoms with van der Waals surface area (Å²) in [6.45, 7) is 2.07. The lowest BCUT2D eigenvalue weighted by Crippen LogP contribution is -2.12. The highest BCUT2D eigenvalue weighted by Gasteiger charge is 2.40. The van der Waals surface area contributed by atoms with Gasteiger partial charge in [-0.2, -0.15) is 0 Å². The summed E-state index contributed by atoms with van der Waals surface area (Å²) in [5.74, 6) is 1.15. The van der Waals surface area contributed by atoms with Crippen molar-refractivity contribution in [2.45, 2.75) is 25.2 Å². The average molecular weight is 250 g/mol. The van der Waals surface area contributed by atoms with Gasteiger partial charge < -0.3 is 0 Å². The van der Waals surface area contributed by atoms with Crippen LogP contribution in [0.15, 0.2) is 60.7 Å². The molecule has 0 heterocycles. The van der Waals surface area contributed by atoms with E-state index in [0.717, 1.165) is 0 Å². The Morgan fingerprint density at radius 1 is 0.842 bits per heavy atom. The first-order valence-electron chi connectivity index (χ1n) is 6.90. The lowest BCUT2D eigenvalue weighted by molar-refractivity contribution is -0.120. The zero-order valence-corrected chi connectivity index (χ0v) is 11.1. The fourth-order valence-corrected chi connectivity index (χ4v) is 3.30. The first kappa shape index (κ1) is 12.2. The second-order valence-electron chi connectivity index (χ2n) is 5.41. The highest BCUT2D eigenvalue weighted by atomic mass is 16.1. The Balaban J connectivity index is 2.01. The predicted octanol–water partition coefficient (Wildman–Crippen LogP) is 4.16. The van der Waals surface area contributed by atoms with Crippen LogP contribution in [0.3, 0.4) is 0 Å². The summed E-state index contributed by atoms with van der Waals surface area (Å²) in [5, 5.41) is 0. The highest BCUT2D eigenvalue weighted by molar-refractivity contribution is 5.85. The average Bonchev–Trinajstić information content (AvgIpc) is 2.77. The van der Waals surface area contributed by atoms with Crippen molar-refractivity contribution >= 4 is 5.78 Å². The third-order valence-corrected chi connectivity index (χ3v) is 4.31. The van der Waals surface area contributed by atoms with Crippen molar-refractivity contribution in [3.8, 4) is 0 Å². The summed E-state index contributed by atoms with van der Waals surface area (Å²) < 4.78 is 0. The Morgan fingerprint density at radius 3 is 1.95 bits per heavy atom. The molecule has 3 rings (SSSR count). The summed E-state index contributed by atoms with van der Waals surface area (Å²) in [4.78, 5) is 12.1. The van der Waals surface area contributed by atoms with Crippen LogP contribution in [-0.4, -0.2) is 5.78 Å². The van der Waals surface area contributed by atoms with Crippen molar-refractivity contribution in [2.24, 2.45) is 5.92 Å². The van der Waals surface area contributed by atoms with E-state index in [0.29, 0.717) is 24.0 Å². The van der Waals surface area contributed by atoms with E-state index in [1.165, 1.54) is 11.1 Å². The molecule has 19 heavy (non-hydrogen) atoms. The molecule has 0 spiro atoms. The highest BCUT2D eigenvalue weighted by Crippen LogP contribution is 2.47. The van der Waals surface area contributed by atoms with Crippen molar-refractivity contribution in [1.82, 2.24) is 0 Å². The molecule has 1 nitrogen and oxygen atoms in total. The van der Waals surface area contributed by atoms with Crippen molar-refractivity contribution in [2.75, 3.05) is 0 Å². The maximum atomic E-state index is 12.1. The quantitative estimate of drug-likeness (QED) is 0.782. The minimum absolute atomic E-state index is 0.118. The van der Waals surface area contributed by atoms with Crippen LogP contribution in [0.2, 0.25) is 0 Å². The van der Waals surface area contributed by atoms with Crippen LogP contribution >= 0.6 is 0 Å². The number of carbonyl (C=O) groups is 1. The van der Waals surface area contributed by atoms with E-state index in [9.17, 15) is 4.79 Å². The molecular formula is C18H18O. The molecule has 1 fully saturated rings. The van der Waals surface area contributed by atoms with Crippen LogP contribution in [0.1, 0.15) is 36.3 Å². The predicted molar refractivity (Wildman–Crippen MR) is 77.2 cm³/mol. The molecule has 1 aliphatic rings. The van der Waals surface area contributed by atoms with Gasteiger partial charge in [-0.05, 0) is 17.0 Å². The summed E-state index contributed by atoms with van der Waals surface area (Å²) >= 11 is 0. The number of carbonyl (C=O) groups excluding carboxylic acids is 1. The van der Waals surface area contributed by atoms with Crippen molar-refractivity contribution in [3.05, 3.63) is 71.8 Å². The van der Waals surface area contributed by atoms with Gasteiger partial charge in [-0.15, -0.1) is 0 Å². The van der Waals surface area contributed by atoms with Crippen LogP contribution in [-0.2, 0) is 4.79 Å². The number of ketones is 1. The topological polar surface area (TPSA) is 17.1 Å². The first-order valence-corrected chi connectivity index (χ1v) is 6.90. The third kappa shape index (κ3) is 2.21. The molecule has 0 saturated heterocycles. The molecule has 0 aromatic heterocycles. The van der Waals surface area contributed by atoms with Crippen molar-refractivity contribution in [1.29, 1.82) is 0 Å². The molecule has 3 atom stereocenters. The summed E-state index contributed by atoms with van der Waals surface area (Å²) in [5.41, 5.74) is 2.57. The molecule has 0 bridgehead atoms. The van der Waals surface area contributed by atoms with Gasteiger partial charge in [-0.1, -0.05) is 67.6 Å². The van der Waals surface area contributed by atoms with Gasteiger partial charge in [0.2, 0.25) is 0 Å². The van der Waals surface area contributed by atoms with Crippen LogP contribution in [0.4, 0.5) is 0 Å². The molecule has 1 aliphatic carbocycles. The minimum atomic E-state index is 0.118. The van der Waals surface area contributed by atoms with Crippen LogP contribution < -0.4 is 0 Å². The first-order chi connectivity index (χ1) is 9.27. The fraction of sp³-hybridized carbons (Fsp3) is 0.278. The SMILES string of the molecule is CC1C(=O)CC(c2ccccc2)C1c1ccccc1. The molecule has 0 amide bonds. The molecule has 0 radical (unpaired) electrons. The molecule has 1 heteroatoms. The van der Waals surface area contributed by atoms with E-state index in [-0.39, 0.29) is 5.92 Å². The summed E-state index contributed by atoms with van der Waals surface area (Å²) in [7, 11) is 0. The van der Waals surface area contributed by atoms with Gasteiger partial charge in [0.25, 0.3) is 0 Å². The second kappa shape index (κ2) is 5.00. The molecule has 2 aromatic carbocycles. The van der Waals surface area contributed by atoms with E-state index in [1.807, 2.05) is 12.1 Å². The van der Waals surface area contributed by atoms with Crippen LogP contribution in [0.5, 0.6) is 0 Å². The Morgan fingerprint density at radius 2 is 1.37 bits per heavy atom. The van der Waals surface area contributed by atoms with Gasteiger partial charge in [-0.25, -0.2) is 0 Å². The summed E-state index contributed by atoms with van der Waals surface area (Å²) in [6, 6.07) is 20.9. The van der Waals surface area contributed by atoms with Gasteiger partial charge in [-0.3, -0.25) is 4.79 Å². The molecular weight excluding hydrogens is 232 g/mol. The van der Waals surface area contributed by atoms with Gasteiger partial charge in [0.15, 0.2) is 0 Å². The monoisotopic (exact) mass is 250 g/mol. The number of hydrogen-bond donors (Lipinski definition) is 0. The number of Topliss-reactive ketones (excluding diaryl/α,β-unsaturated/α-hetero) is 1. The zero-order valence-electron chi connectivity index (χ0n) is 11.1. The number of benzene rings is 2.